The van der Waals surface area contributed by atoms with Crippen LogP contribution in [0.3, 0.4) is 0 Å². The summed E-state index contributed by atoms with van der Waals surface area (Å²) in [6.07, 6.45) is 0. The van der Waals surface area contributed by atoms with Crippen molar-refractivity contribution in [1.29, 1.82) is 0 Å². The molecule has 0 unspecified atom stereocenters. The smallest absolute Gasteiger partial charge is 0.0456 e. The highest BCUT2D eigenvalue weighted by molar-refractivity contribution is 5.76. The van der Waals surface area contributed by atoms with Crippen molar-refractivity contribution in [2.75, 3.05) is 0 Å². The number of aromatic nitrogens is 6. The molecule has 69 heavy (non-hydrogen) atoms. The topological polar surface area (TPSA) is 94.7 Å². The van der Waals surface area contributed by atoms with Gasteiger partial charge in [-0.2, -0.15) is 0 Å². The number of hydrogen-bond donors (Lipinski definition) is 6. The zero-order chi connectivity index (χ0) is 49.2. The Labute approximate surface area is 410 Å². The molecule has 3 aromatic carbocycles. The molecule has 0 saturated heterocycles. The summed E-state index contributed by atoms with van der Waals surface area (Å²) < 4.78 is 0. The molecular formula is C63H72N6. The fourth-order valence-electron chi connectivity index (χ4n) is 10.1. The first-order valence-electron chi connectivity index (χ1n) is 24.9. The average molecular weight is 913 g/mol. The van der Waals surface area contributed by atoms with Crippen LogP contribution in [0.5, 0.6) is 0 Å². The summed E-state index contributed by atoms with van der Waals surface area (Å²) in [5.74, 6) is 0. The van der Waals surface area contributed by atoms with Gasteiger partial charge in [-0.05, 0) is 235 Å². The van der Waals surface area contributed by atoms with Gasteiger partial charge in [-0.15, -0.1) is 0 Å². The fraction of sp³-hybridized carbons (Fsp3) is 0.333. The summed E-state index contributed by atoms with van der Waals surface area (Å²) in [5.41, 5.74) is 23.4. The van der Waals surface area contributed by atoms with Gasteiger partial charge < -0.3 is 29.9 Å². The van der Waals surface area contributed by atoms with Gasteiger partial charge in [0.05, 0.1) is 0 Å². The molecule has 6 aromatic heterocycles. The van der Waals surface area contributed by atoms with Crippen molar-refractivity contribution in [3.8, 4) is 67.5 Å². The van der Waals surface area contributed by atoms with E-state index in [-0.39, 0.29) is 32.5 Å². The van der Waals surface area contributed by atoms with E-state index in [0.29, 0.717) is 0 Å². The van der Waals surface area contributed by atoms with Crippen LogP contribution >= 0.6 is 0 Å². The summed E-state index contributed by atoms with van der Waals surface area (Å²) in [7, 11) is 0. The highest BCUT2D eigenvalue weighted by Crippen LogP contribution is 2.42. The summed E-state index contributed by atoms with van der Waals surface area (Å²) in [5, 5.41) is 0. The second kappa shape index (κ2) is 15.7. The third-order valence-corrected chi connectivity index (χ3v) is 15.4. The number of nitrogens with one attached hydrogen (secondary N) is 6. The molecule has 0 spiro atoms. The maximum absolute atomic E-state index is 3.90. The van der Waals surface area contributed by atoms with E-state index < -0.39 is 0 Å². The lowest BCUT2D eigenvalue weighted by Gasteiger charge is -2.24. The maximum Gasteiger partial charge on any atom is 0.0456 e. The zero-order valence-corrected chi connectivity index (χ0v) is 43.6. The van der Waals surface area contributed by atoms with Gasteiger partial charge in [0, 0.05) is 84.6 Å². The lowest BCUT2D eigenvalue weighted by atomic mass is 9.84. The monoisotopic (exact) mass is 913 g/mol. The Morgan fingerprint density at radius 2 is 0.406 bits per heavy atom. The number of H-pyrrole nitrogens is 6. The molecule has 10 rings (SSSR count). The summed E-state index contributed by atoms with van der Waals surface area (Å²) in [6.45, 7) is 34.5. The van der Waals surface area contributed by atoms with E-state index in [2.05, 4.69) is 261 Å². The molecule has 18 bridgehead atoms. The SMILES string of the molecule is CC(C)(C)c1cc2cc(c1)-c1ccc([nH]1)C(C)(C)c1ccc([nH]1)-c1cc(cc(C(C)(C)C)c1)-c1ccc([nH]1)C(C)(C)c1ccc([nH]1)-c1cc(cc(C(C)(C)C)c1)-c1ccc([nH]1)C(C)(C)c1ccc-2[nH]1. The predicted octanol–water partition coefficient (Wildman–Crippen LogP) is 16.8. The highest BCUT2D eigenvalue weighted by Gasteiger charge is 2.31. The number of benzene rings is 3. The molecule has 6 N–H and O–H groups in total. The Morgan fingerprint density at radius 3 is 0.551 bits per heavy atom. The van der Waals surface area contributed by atoms with E-state index >= 15 is 0 Å². The van der Waals surface area contributed by atoms with Crippen molar-refractivity contribution in [3.63, 3.8) is 0 Å². The lowest BCUT2D eigenvalue weighted by Crippen LogP contribution is -2.20. The van der Waals surface area contributed by atoms with Crippen LogP contribution in [0.4, 0.5) is 0 Å². The number of rotatable bonds is 0. The average Bonchev–Trinajstić information content (AvgIpc) is 4.14. The number of fused-ring (bicyclic) bond motifs is 24. The third-order valence-electron chi connectivity index (χ3n) is 15.4. The zero-order valence-electron chi connectivity index (χ0n) is 43.6. The number of aromatic amines is 6. The van der Waals surface area contributed by atoms with Crippen LogP contribution in [-0.4, -0.2) is 29.9 Å². The molecule has 1 aliphatic rings. The molecule has 6 nitrogen and oxygen atoms in total. The Bertz CT molecular complexity index is 2820. The molecule has 354 valence electrons. The van der Waals surface area contributed by atoms with E-state index in [9.17, 15) is 0 Å². The standard InChI is InChI=1S/C63H72N6/c1-58(2,3)43-31-37-28-38(32-43)47-17-23-53(65-47)62(12,13)55-25-19-49(67-55)40-30-42(36-45(34-40)60(7,8)9)51-21-27-57(69-51)63(14,15)56-26-20-50(68-56)41-29-39(33-44(35-41)59(4,5)6)48-18-24-54(66-48)61(10,11)52-22-16-46(37)64-52/h16-36,64-69H,1-15H3. The van der Waals surface area contributed by atoms with Crippen molar-refractivity contribution < 1.29 is 0 Å². The van der Waals surface area contributed by atoms with Crippen molar-refractivity contribution in [2.45, 2.75) is 136 Å². The maximum atomic E-state index is 3.90. The largest absolute Gasteiger partial charge is 0.358 e. The summed E-state index contributed by atoms with van der Waals surface area (Å²) >= 11 is 0. The molecule has 0 amide bonds. The van der Waals surface area contributed by atoms with Crippen LogP contribution in [0.1, 0.15) is 155 Å². The number of hydrogen-bond acceptors (Lipinski definition) is 0. The summed E-state index contributed by atoms with van der Waals surface area (Å²) in [6, 6.07) is 48.2. The van der Waals surface area contributed by atoms with Crippen molar-refractivity contribution in [3.05, 3.63) is 178 Å². The normalized spacial score (nSPS) is 15.5. The molecule has 0 radical (unpaired) electrons. The minimum Gasteiger partial charge on any atom is -0.358 e. The van der Waals surface area contributed by atoms with Crippen molar-refractivity contribution >= 4 is 0 Å². The second-order valence-corrected chi connectivity index (χ2v) is 24.7. The van der Waals surface area contributed by atoms with Crippen LogP contribution in [0.25, 0.3) is 67.5 Å². The Balaban J connectivity index is 1.14. The van der Waals surface area contributed by atoms with Crippen LogP contribution in [0.15, 0.2) is 127 Å². The van der Waals surface area contributed by atoms with Crippen LogP contribution < -0.4 is 0 Å². The van der Waals surface area contributed by atoms with E-state index in [1.807, 2.05) is 0 Å². The second-order valence-electron chi connectivity index (χ2n) is 24.7. The Morgan fingerprint density at radius 1 is 0.246 bits per heavy atom. The lowest BCUT2D eigenvalue weighted by molar-refractivity contribution is 0.590. The van der Waals surface area contributed by atoms with Crippen LogP contribution in [-0.2, 0) is 32.5 Å². The van der Waals surface area contributed by atoms with E-state index in [0.717, 1.165) is 68.3 Å². The van der Waals surface area contributed by atoms with Gasteiger partial charge >= 0.3 is 0 Å². The molecule has 7 heterocycles. The van der Waals surface area contributed by atoms with Gasteiger partial charge in [-0.25, -0.2) is 0 Å². The van der Waals surface area contributed by atoms with Gasteiger partial charge in [0.15, 0.2) is 0 Å². The first-order valence-corrected chi connectivity index (χ1v) is 24.9. The van der Waals surface area contributed by atoms with Gasteiger partial charge in [0.25, 0.3) is 0 Å². The molecule has 9 aromatic rings. The van der Waals surface area contributed by atoms with Crippen LogP contribution in [0.2, 0.25) is 0 Å². The molecule has 6 heteroatoms. The first-order chi connectivity index (χ1) is 32.2. The Kier molecular flexibility index (Phi) is 10.5. The highest BCUT2D eigenvalue weighted by atomic mass is 14.8. The third kappa shape index (κ3) is 8.30. The first kappa shape index (κ1) is 46.1. The van der Waals surface area contributed by atoms with Gasteiger partial charge in [0.2, 0.25) is 0 Å². The van der Waals surface area contributed by atoms with Crippen molar-refractivity contribution in [2.24, 2.45) is 0 Å². The quantitative estimate of drug-likeness (QED) is 0.0874. The van der Waals surface area contributed by atoms with E-state index in [1.165, 1.54) is 50.1 Å². The molecule has 0 fully saturated rings. The molecule has 1 aliphatic heterocycles. The van der Waals surface area contributed by atoms with E-state index in [4.69, 9.17) is 0 Å². The van der Waals surface area contributed by atoms with Gasteiger partial charge in [-0.3, -0.25) is 0 Å². The van der Waals surface area contributed by atoms with Gasteiger partial charge in [0.1, 0.15) is 0 Å². The van der Waals surface area contributed by atoms with Crippen LogP contribution in [0, 0.1) is 0 Å². The van der Waals surface area contributed by atoms with Gasteiger partial charge in [-0.1, -0.05) is 62.3 Å². The molecule has 0 atom stereocenters. The Hall–Kier alpha value is -6.66. The molecule has 0 aliphatic carbocycles. The van der Waals surface area contributed by atoms with E-state index in [1.54, 1.807) is 0 Å². The minimum atomic E-state index is -0.321. The molecule has 0 saturated carbocycles. The van der Waals surface area contributed by atoms with Crippen molar-refractivity contribution in [1.82, 2.24) is 29.9 Å². The summed E-state index contributed by atoms with van der Waals surface area (Å²) in [4.78, 5) is 23.4. The predicted molar refractivity (Wildman–Crippen MR) is 291 cm³/mol. The minimum absolute atomic E-state index is 0.0519. The fourth-order valence-corrected chi connectivity index (χ4v) is 10.1. The molecular weight excluding hydrogens is 841 g/mol.